The molecule has 0 bridgehead atoms. The van der Waals surface area contributed by atoms with Gasteiger partial charge < -0.3 is 18.9 Å². The van der Waals surface area contributed by atoms with Gasteiger partial charge in [0.15, 0.2) is 22.0 Å². The van der Waals surface area contributed by atoms with E-state index >= 15 is 0 Å². The zero-order chi connectivity index (χ0) is 31.1. The van der Waals surface area contributed by atoms with Crippen molar-refractivity contribution in [2.75, 3.05) is 27.9 Å². The first kappa shape index (κ1) is 30.6. The number of methoxy groups -OCH3 is 3. The molecule has 1 aromatic heterocycles. The molecule has 224 valence electrons. The molecule has 0 radical (unpaired) electrons. The Bertz CT molecular complexity index is 1970. The highest BCUT2D eigenvalue weighted by molar-refractivity contribution is 14.1. The van der Waals surface area contributed by atoms with Gasteiger partial charge in [0.05, 0.1) is 41.6 Å². The minimum absolute atomic E-state index is 0.0950. The van der Waals surface area contributed by atoms with E-state index in [2.05, 4.69) is 27.6 Å². The molecular formula is C30H24F3IN2O6S. The van der Waals surface area contributed by atoms with E-state index in [1.54, 1.807) is 48.5 Å². The number of carbonyl (C=O) groups excluding carboxylic acids is 1. The lowest BCUT2D eigenvalue weighted by Gasteiger charge is -2.28. The summed E-state index contributed by atoms with van der Waals surface area (Å²) in [6.45, 7) is 1.30. The van der Waals surface area contributed by atoms with E-state index in [0.29, 0.717) is 31.4 Å². The van der Waals surface area contributed by atoms with E-state index in [0.717, 1.165) is 15.9 Å². The van der Waals surface area contributed by atoms with Crippen molar-refractivity contribution in [1.82, 2.24) is 4.57 Å². The van der Waals surface area contributed by atoms with Crippen LogP contribution >= 0.6 is 33.9 Å². The van der Waals surface area contributed by atoms with Crippen molar-refractivity contribution in [3.63, 3.8) is 0 Å². The predicted molar refractivity (Wildman–Crippen MR) is 164 cm³/mol. The van der Waals surface area contributed by atoms with E-state index in [1.807, 2.05) is 0 Å². The molecule has 1 aliphatic heterocycles. The minimum atomic E-state index is -5.03. The standard InChI is InChI=1S/C30H24F3IN2O6S/c1-5-42-28(38)23-24(22-17-9-7-6-8-16(17)10-11-19(22)39-2)36-27(37)21(43-29(36)35-26(23)30(31,32)33)14-15-12-18(34)25(41-4)20(13-15)40-3/h6-14,24H,5H2,1-4H3/b21-14-/t24-/m1/s1. The normalized spacial score (nSPS) is 15.3. The van der Waals surface area contributed by atoms with Crippen molar-refractivity contribution in [2.45, 2.75) is 19.1 Å². The van der Waals surface area contributed by atoms with Crippen molar-refractivity contribution in [1.29, 1.82) is 0 Å². The molecule has 1 aliphatic rings. The van der Waals surface area contributed by atoms with Crippen LogP contribution in [0.25, 0.3) is 16.8 Å². The van der Waals surface area contributed by atoms with E-state index in [1.165, 1.54) is 34.3 Å². The maximum Gasteiger partial charge on any atom is 0.434 e. The van der Waals surface area contributed by atoms with Crippen LogP contribution in [0.5, 0.6) is 17.2 Å². The summed E-state index contributed by atoms with van der Waals surface area (Å²) in [5, 5.41) is 1.18. The maximum absolute atomic E-state index is 14.6. The number of nitrogens with zero attached hydrogens (tertiary/aromatic N) is 2. The van der Waals surface area contributed by atoms with Crippen LogP contribution in [0.1, 0.15) is 24.1 Å². The smallest absolute Gasteiger partial charge is 0.434 e. The molecule has 5 rings (SSSR count). The molecule has 0 saturated heterocycles. The number of halogens is 4. The van der Waals surface area contributed by atoms with Gasteiger partial charge in [-0.2, -0.15) is 13.2 Å². The lowest BCUT2D eigenvalue weighted by atomic mass is 9.90. The number of benzene rings is 3. The van der Waals surface area contributed by atoms with Crippen molar-refractivity contribution in [2.24, 2.45) is 4.99 Å². The molecule has 43 heavy (non-hydrogen) atoms. The highest BCUT2D eigenvalue weighted by Crippen LogP contribution is 2.43. The number of allylic oxidation sites excluding steroid dienone is 1. The fraction of sp³-hybridized carbons (Fsp3) is 0.233. The highest BCUT2D eigenvalue weighted by Gasteiger charge is 2.46. The number of rotatable bonds is 7. The molecule has 0 unspecified atom stereocenters. The van der Waals surface area contributed by atoms with E-state index < -0.39 is 35.0 Å². The zero-order valence-electron chi connectivity index (χ0n) is 23.2. The molecular weight excluding hydrogens is 700 g/mol. The van der Waals surface area contributed by atoms with Crippen LogP contribution < -0.4 is 29.1 Å². The SMILES string of the molecule is CCOC(=O)C1=C(C(F)(F)F)N=c2s/c(=C\c3cc(I)c(OC)c(OC)c3)c(=O)n2[C@@H]1c1c(OC)ccc2ccccc12. The van der Waals surface area contributed by atoms with Crippen LogP contribution in [-0.2, 0) is 9.53 Å². The molecule has 0 aliphatic carbocycles. The first-order valence-electron chi connectivity index (χ1n) is 12.8. The number of ether oxygens (including phenoxy) is 4. The number of esters is 1. The fourth-order valence-corrected chi connectivity index (χ4v) is 6.87. The van der Waals surface area contributed by atoms with Crippen molar-refractivity contribution < 1.29 is 36.9 Å². The molecule has 0 spiro atoms. The van der Waals surface area contributed by atoms with Crippen molar-refractivity contribution in [3.8, 4) is 17.2 Å². The van der Waals surface area contributed by atoms with Gasteiger partial charge >= 0.3 is 12.1 Å². The summed E-state index contributed by atoms with van der Waals surface area (Å²) in [5.74, 6) is -0.130. The van der Waals surface area contributed by atoms with Gasteiger partial charge in [-0.25, -0.2) is 9.79 Å². The summed E-state index contributed by atoms with van der Waals surface area (Å²) in [7, 11) is 4.34. The largest absolute Gasteiger partial charge is 0.496 e. The number of carbonyl (C=O) groups is 1. The molecule has 0 N–H and O–H groups in total. The van der Waals surface area contributed by atoms with E-state index in [9.17, 15) is 22.8 Å². The van der Waals surface area contributed by atoms with Crippen LogP contribution in [0.3, 0.4) is 0 Å². The number of fused-ring (bicyclic) bond motifs is 2. The third-order valence-electron chi connectivity index (χ3n) is 6.77. The Morgan fingerprint density at radius 3 is 2.44 bits per heavy atom. The summed E-state index contributed by atoms with van der Waals surface area (Å²) >= 11 is 2.84. The van der Waals surface area contributed by atoms with E-state index in [4.69, 9.17) is 18.9 Å². The Morgan fingerprint density at radius 2 is 1.79 bits per heavy atom. The summed E-state index contributed by atoms with van der Waals surface area (Å²) in [6, 6.07) is 12.1. The number of hydrogen-bond donors (Lipinski definition) is 0. The minimum Gasteiger partial charge on any atom is -0.496 e. The predicted octanol–water partition coefficient (Wildman–Crippen LogP) is 5.12. The van der Waals surface area contributed by atoms with Crippen LogP contribution in [-0.4, -0.2) is 44.6 Å². The molecule has 1 atom stereocenters. The van der Waals surface area contributed by atoms with Crippen LogP contribution in [0.2, 0.25) is 0 Å². The fourth-order valence-electron chi connectivity index (χ4n) is 5.02. The Morgan fingerprint density at radius 1 is 1.07 bits per heavy atom. The first-order valence-corrected chi connectivity index (χ1v) is 14.7. The van der Waals surface area contributed by atoms with Gasteiger partial charge in [0.25, 0.3) is 5.56 Å². The number of aromatic nitrogens is 1. The van der Waals surface area contributed by atoms with Crippen molar-refractivity contribution >= 4 is 56.7 Å². The quantitative estimate of drug-likeness (QED) is 0.194. The lowest BCUT2D eigenvalue weighted by molar-refractivity contribution is -0.140. The van der Waals surface area contributed by atoms with Gasteiger partial charge in [0.2, 0.25) is 0 Å². The molecule has 13 heteroatoms. The van der Waals surface area contributed by atoms with Crippen LogP contribution in [0.4, 0.5) is 13.2 Å². The van der Waals surface area contributed by atoms with Crippen LogP contribution in [0.15, 0.2) is 69.6 Å². The second-order valence-corrected chi connectivity index (χ2v) is 11.4. The molecule has 2 heterocycles. The Balaban J connectivity index is 1.90. The van der Waals surface area contributed by atoms with Gasteiger partial charge in [-0.1, -0.05) is 41.7 Å². The van der Waals surface area contributed by atoms with Gasteiger partial charge in [0, 0.05) is 5.56 Å². The van der Waals surface area contributed by atoms with E-state index in [-0.39, 0.29) is 27.3 Å². The lowest BCUT2D eigenvalue weighted by Crippen LogP contribution is -2.41. The third-order valence-corrected chi connectivity index (χ3v) is 8.56. The molecule has 4 aromatic rings. The van der Waals surface area contributed by atoms with Gasteiger partial charge in [-0.3, -0.25) is 9.36 Å². The Hall–Kier alpha value is -3.85. The Labute approximate surface area is 260 Å². The second-order valence-electron chi connectivity index (χ2n) is 9.20. The molecule has 3 aromatic carbocycles. The summed E-state index contributed by atoms with van der Waals surface area (Å²) in [4.78, 5) is 31.1. The van der Waals surface area contributed by atoms with Crippen molar-refractivity contribution in [3.05, 3.63) is 94.2 Å². The molecule has 0 fully saturated rings. The maximum atomic E-state index is 14.6. The molecule has 8 nitrogen and oxygen atoms in total. The second kappa shape index (κ2) is 12.0. The average molecular weight is 724 g/mol. The number of hydrogen-bond acceptors (Lipinski definition) is 8. The summed E-state index contributed by atoms with van der Waals surface area (Å²) < 4.78 is 67.3. The summed E-state index contributed by atoms with van der Waals surface area (Å²) in [6.07, 6.45) is -3.50. The Kier molecular flexibility index (Phi) is 8.56. The average Bonchev–Trinajstić information content (AvgIpc) is 3.29. The molecule has 0 amide bonds. The number of thiazole rings is 1. The highest BCUT2D eigenvalue weighted by atomic mass is 127. The first-order chi connectivity index (χ1) is 20.5. The van der Waals surface area contributed by atoms with Gasteiger partial charge in [-0.15, -0.1) is 0 Å². The van der Waals surface area contributed by atoms with Gasteiger partial charge in [0.1, 0.15) is 11.8 Å². The monoisotopic (exact) mass is 724 g/mol. The van der Waals surface area contributed by atoms with Gasteiger partial charge in [-0.05, 0) is 70.1 Å². The number of alkyl halides is 3. The summed E-state index contributed by atoms with van der Waals surface area (Å²) in [5.41, 5.74) is -2.12. The third kappa shape index (κ3) is 5.51. The zero-order valence-corrected chi connectivity index (χ0v) is 26.2. The van der Waals surface area contributed by atoms with Crippen LogP contribution in [0, 0.1) is 3.57 Å². The topological polar surface area (TPSA) is 88.4 Å². The molecule has 0 saturated carbocycles.